The summed E-state index contributed by atoms with van der Waals surface area (Å²) in [6.07, 6.45) is 2.36. The second kappa shape index (κ2) is 22.1. The van der Waals surface area contributed by atoms with Gasteiger partial charge in [-0.3, -0.25) is 57.7 Å². The molecule has 2 fully saturated rings. The predicted molar refractivity (Wildman–Crippen MR) is 284 cm³/mol. The SMILES string of the molecule is CC#N.Cc1ccc(S(=O)(=O)Cl)cc1.Cc1ccc(S(=O)(=O)Oc2cc(=O)n(C)c3c2c(=O)n(C2CC2)c(=O)n3-c2cccc([N+](=O)[O-])c2)cc1.Cn1c(=O)cc(O)c2c(=O)n(C3CC3)c(=O)n(-c3cccc([N+](=O)[O-])c3)c21. The van der Waals surface area contributed by atoms with E-state index in [1.807, 2.05) is 6.92 Å². The molecule has 0 unspecified atom stereocenters. The van der Waals surface area contributed by atoms with Gasteiger partial charge in [0.2, 0.25) is 0 Å². The van der Waals surface area contributed by atoms with Crippen molar-refractivity contribution in [1.29, 1.82) is 5.26 Å². The smallest absolute Gasteiger partial charge is 0.339 e. The van der Waals surface area contributed by atoms with E-state index in [-0.39, 0.29) is 60.6 Å². The Kier molecular flexibility index (Phi) is 16.0. The van der Waals surface area contributed by atoms with Gasteiger partial charge in [-0.05, 0) is 75.9 Å². The minimum atomic E-state index is -4.46. The number of aromatic hydroxyl groups is 1. The molecule has 1 N–H and O–H groups in total. The number of nitrogens with zero attached hydrogens (tertiary/aromatic N) is 9. The van der Waals surface area contributed by atoms with E-state index >= 15 is 0 Å². The first-order valence-corrected chi connectivity index (χ1v) is 26.8. The Balaban J connectivity index is 0.000000187. The van der Waals surface area contributed by atoms with E-state index in [2.05, 4.69) is 0 Å². The Morgan fingerprint density at radius 2 is 1.01 bits per heavy atom. The molecule has 28 heteroatoms. The van der Waals surface area contributed by atoms with Gasteiger partial charge in [-0.1, -0.05) is 47.5 Å². The molecule has 2 aliphatic carbocycles. The van der Waals surface area contributed by atoms with Gasteiger partial charge in [0.25, 0.3) is 42.7 Å². The number of hydrogen-bond donors (Lipinski definition) is 1. The molecule has 0 spiro atoms. The lowest BCUT2D eigenvalue weighted by Gasteiger charge is -2.18. The molecule has 0 atom stereocenters. The van der Waals surface area contributed by atoms with E-state index in [1.54, 1.807) is 37.3 Å². The number of pyridine rings is 2. The average molecular weight is 1130 g/mol. The minimum absolute atomic E-state index is 0.0205. The molecule has 10 rings (SSSR count). The molecule has 78 heavy (non-hydrogen) atoms. The number of aromatic nitrogens is 6. The summed E-state index contributed by atoms with van der Waals surface area (Å²) >= 11 is 0. The third-order valence-corrected chi connectivity index (χ3v) is 14.7. The predicted octanol–water partition coefficient (Wildman–Crippen LogP) is 5.42. The Morgan fingerprint density at radius 1 is 0.628 bits per heavy atom. The highest BCUT2D eigenvalue weighted by molar-refractivity contribution is 8.13. The fraction of sp³-hybridized carbons (Fsp3) is 0.220. The largest absolute Gasteiger partial charge is 0.507 e. The third kappa shape index (κ3) is 11.6. The van der Waals surface area contributed by atoms with Crippen molar-refractivity contribution in [2.75, 3.05) is 0 Å². The van der Waals surface area contributed by atoms with Gasteiger partial charge in [0, 0.05) is 80.2 Å². The van der Waals surface area contributed by atoms with Crippen LogP contribution in [0, 0.1) is 45.4 Å². The zero-order valence-corrected chi connectivity index (χ0v) is 44.1. The van der Waals surface area contributed by atoms with Gasteiger partial charge in [-0.25, -0.2) is 27.1 Å². The zero-order valence-electron chi connectivity index (χ0n) is 41.7. The van der Waals surface area contributed by atoms with Crippen LogP contribution >= 0.6 is 10.7 Å². The monoisotopic (exact) mass is 1130 g/mol. The Hall–Kier alpha value is -9.26. The fourth-order valence-corrected chi connectivity index (χ4v) is 9.68. The molecule has 404 valence electrons. The van der Waals surface area contributed by atoms with Gasteiger partial charge in [-0.15, -0.1) is 0 Å². The van der Waals surface area contributed by atoms with Gasteiger partial charge in [0.15, 0.2) is 5.75 Å². The number of fused-ring (bicyclic) bond motifs is 2. The fourth-order valence-electron chi connectivity index (χ4n) is 7.98. The standard InChI is InChI=1S/C24H20N4O8S.C17H14N4O6.C7H7ClO2S.C2H3N/c1-14-6-10-18(11-7-14)37(34,35)36-19-13-20(29)25(2)22-21(19)23(30)27(15-8-9-15)24(31)26(22)16-4-3-5-17(12-16)28(32)33;1-18-13(23)8-12(22)14-15(18)19(10-3-2-4-11(7-10)21(26)27)17(25)20(16(14)24)9-5-6-9;1-6-2-4-7(5-3-6)11(8,9)10;1-2-3/h3-7,10-13,15H,8-9H2,1-2H3;2-4,7-9,22H,5-6H2,1H3;2-5H,1H3;1H3. The van der Waals surface area contributed by atoms with Crippen LogP contribution in [0.5, 0.6) is 11.5 Å². The molecule has 0 saturated heterocycles. The van der Waals surface area contributed by atoms with E-state index < -0.39 is 80.2 Å². The number of aryl methyl sites for hydroxylation is 4. The maximum atomic E-state index is 13.6. The lowest BCUT2D eigenvalue weighted by atomic mass is 10.2. The highest BCUT2D eigenvalue weighted by Crippen LogP contribution is 2.35. The van der Waals surface area contributed by atoms with Crippen molar-refractivity contribution in [2.24, 2.45) is 14.1 Å². The summed E-state index contributed by atoms with van der Waals surface area (Å²) in [7, 11) is -0.266. The molecule has 4 aromatic carbocycles. The van der Waals surface area contributed by atoms with Crippen molar-refractivity contribution in [3.8, 4) is 28.9 Å². The van der Waals surface area contributed by atoms with E-state index in [4.69, 9.17) is 20.1 Å². The first-order valence-electron chi connectivity index (χ1n) is 23.1. The maximum absolute atomic E-state index is 13.6. The number of halogens is 1. The lowest BCUT2D eigenvalue weighted by Crippen LogP contribution is -2.41. The van der Waals surface area contributed by atoms with Crippen LogP contribution < -0.4 is 37.8 Å². The van der Waals surface area contributed by atoms with E-state index in [0.717, 1.165) is 56.7 Å². The van der Waals surface area contributed by atoms with E-state index in [0.29, 0.717) is 25.7 Å². The van der Waals surface area contributed by atoms with Crippen LogP contribution in [-0.2, 0) is 33.3 Å². The minimum Gasteiger partial charge on any atom is -0.507 e. The number of rotatable bonds is 10. The molecule has 4 heterocycles. The molecule has 8 aromatic rings. The molecule has 0 bridgehead atoms. The Morgan fingerprint density at radius 3 is 1.41 bits per heavy atom. The first-order chi connectivity index (χ1) is 36.7. The number of nitriles is 1. The molecular formula is C50H44ClN9O16S2. The Bertz CT molecular complexity index is 4420. The van der Waals surface area contributed by atoms with E-state index in [1.165, 1.54) is 87.7 Å². The van der Waals surface area contributed by atoms with Crippen LogP contribution in [0.15, 0.2) is 148 Å². The second-order valence-corrected chi connectivity index (χ2v) is 21.8. The van der Waals surface area contributed by atoms with Gasteiger partial charge < -0.3 is 9.29 Å². The summed E-state index contributed by atoms with van der Waals surface area (Å²) < 4.78 is 59.0. The van der Waals surface area contributed by atoms with Crippen molar-refractivity contribution >= 4 is 63.3 Å². The first kappa shape index (κ1) is 56.5. The number of non-ortho nitro benzene ring substituents is 2. The van der Waals surface area contributed by atoms with Gasteiger partial charge in [0.1, 0.15) is 32.7 Å². The van der Waals surface area contributed by atoms with Crippen molar-refractivity contribution in [1.82, 2.24) is 27.4 Å². The van der Waals surface area contributed by atoms with Crippen molar-refractivity contribution in [2.45, 2.75) is 68.3 Å². The van der Waals surface area contributed by atoms with Crippen LogP contribution in [0.25, 0.3) is 33.4 Å². The molecule has 0 radical (unpaired) electrons. The number of nitro groups is 2. The summed E-state index contributed by atoms with van der Waals surface area (Å²) in [6.45, 7) is 5.09. The normalized spacial score (nSPS) is 12.9. The molecule has 4 aromatic heterocycles. The number of benzene rings is 4. The molecule has 0 amide bonds. The van der Waals surface area contributed by atoms with Crippen LogP contribution in [0.1, 0.15) is 55.8 Å². The summed E-state index contributed by atoms with van der Waals surface area (Å²) in [4.78, 5) is 99.3. The van der Waals surface area contributed by atoms with E-state index in [9.17, 15) is 70.9 Å². The lowest BCUT2D eigenvalue weighted by molar-refractivity contribution is -0.385. The van der Waals surface area contributed by atoms with Gasteiger partial charge >= 0.3 is 21.5 Å². The van der Waals surface area contributed by atoms with Gasteiger partial charge in [0.05, 0.1) is 32.2 Å². The molecule has 0 aliphatic heterocycles. The summed E-state index contributed by atoms with van der Waals surface area (Å²) in [6, 6.07) is 25.4. The quantitative estimate of drug-likeness (QED) is 0.0772. The topological polar surface area (TPSA) is 340 Å². The van der Waals surface area contributed by atoms with Crippen LogP contribution in [0.3, 0.4) is 0 Å². The molecule has 2 saturated carbocycles. The molecule has 2 aliphatic rings. The third-order valence-electron chi connectivity index (χ3n) is 12.1. The number of hydrogen-bond acceptors (Lipinski definition) is 17. The van der Waals surface area contributed by atoms with Crippen LogP contribution in [0.4, 0.5) is 11.4 Å². The second-order valence-electron chi connectivity index (χ2n) is 17.7. The zero-order chi connectivity index (χ0) is 57.3. The van der Waals surface area contributed by atoms with Gasteiger partial charge in [-0.2, -0.15) is 13.7 Å². The average Bonchev–Trinajstić information content (AvgIpc) is 4.38. The van der Waals surface area contributed by atoms with Crippen LogP contribution in [0.2, 0.25) is 0 Å². The molecular weight excluding hydrogens is 1080 g/mol. The molecule has 25 nitrogen and oxygen atoms in total. The van der Waals surface area contributed by atoms with Crippen LogP contribution in [-0.4, -0.2) is 59.2 Å². The van der Waals surface area contributed by atoms with Crippen molar-refractivity contribution in [3.05, 3.63) is 203 Å². The highest BCUT2D eigenvalue weighted by Gasteiger charge is 2.34. The van der Waals surface area contributed by atoms with Crippen molar-refractivity contribution in [3.63, 3.8) is 0 Å². The number of nitro benzene ring substituents is 2. The highest BCUT2D eigenvalue weighted by atomic mass is 35.7. The van der Waals surface area contributed by atoms with Crippen molar-refractivity contribution < 1.29 is 36.0 Å². The summed E-state index contributed by atoms with van der Waals surface area (Å²) in [5, 5.41) is 39.5. The Labute approximate surface area is 444 Å². The summed E-state index contributed by atoms with van der Waals surface area (Å²) in [5.41, 5.74) is -3.40. The summed E-state index contributed by atoms with van der Waals surface area (Å²) in [5.74, 6) is -1.08. The maximum Gasteiger partial charge on any atom is 0.339 e.